The first-order chi connectivity index (χ1) is 8.30. The molecule has 0 spiro atoms. The van der Waals surface area contributed by atoms with E-state index in [1.165, 1.54) is 29.2 Å². The van der Waals surface area contributed by atoms with Crippen LogP contribution < -0.4 is 4.90 Å². The van der Waals surface area contributed by atoms with Gasteiger partial charge in [0.1, 0.15) is 5.82 Å². The van der Waals surface area contributed by atoms with Crippen molar-refractivity contribution in [3.63, 3.8) is 0 Å². The van der Waals surface area contributed by atoms with E-state index in [-0.39, 0.29) is 10.9 Å². The van der Waals surface area contributed by atoms with Crippen LogP contribution in [-0.2, 0) is 4.74 Å². The number of rotatable bonds is 1. The zero-order valence-electron chi connectivity index (χ0n) is 8.66. The predicted molar refractivity (Wildman–Crippen MR) is 74.4 cm³/mol. The van der Waals surface area contributed by atoms with Crippen LogP contribution in [0.4, 0.5) is 10.1 Å². The van der Waals surface area contributed by atoms with Crippen LogP contribution in [0.1, 0.15) is 0 Å². The molecule has 1 aliphatic rings. The van der Waals surface area contributed by atoms with Crippen LogP contribution in [0.2, 0.25) is 0 Å². The van der Waals surface area contributed by atoms with Crippen LogP contribution >= 0.6 is 47.0 Å². The Kier molecular flexibility index (Phi) is 3.69. The fraction of sp³-hybridized carbons (Fsp3) is 0.200. The molecule has 1 aromatic rings. The fourth-order valence-electron chi connectivity index (χ4n) is 1.50. The second kappa shape index (κ2) is 4.81. The van der Waals surface area contributed by atoms with Crippen molar-refractivity contribution >= 4 is 63.6 Å². The van der Waals surface area contributed by atoms with Crippen LogP contribution in [0.5, 0.6) is 0 Å². The van der Waals surface area contributed by atoms with E-state index in [2.05, 4.69) is 0 Å². The SMILES string of the molecule is N=C1OC(C(Cl)(Cl)Cl)N(c2ccc(F)cc2)C1=S. The standard InChI is InChI=1S/C10H6Cl3FN2OS/c11-10(12,13)9-16(8(18)7(15)17-9)6-3-1-5(14)2-4-6/h1-4,9,15H. The lowest BCUT2D eigenvalue weighted by molar-refractivity contribution is 0.223. The normalized spacial score (nSPS) is 20.2. The minimum Gasteiger partial charge on any atom is -0.447 e. The smallest absolute Gasteiger partial charge is 0.246 e. The molecule has 1 heterocycles. The minimum atomic E-state index is -1.79. The molecule has 0 aliphatic carbocycles. The van der Waals surface area contributed by atoms with Crippen molar-refractivity contribution in [2.45, 2.75) is 10.0 Å². The monoisotopic (exact) mass is 326 g/mol. The van der Waals surface area contributed by atoms with Gasteiger partial charge in [0.15, 0.2) is 4.99 Å². The fourth-order valence-corrected chi connectivity index (χ4v) is 2.17. The summed E-state index contributed by atoms with van der Waals surface area (Å²) in [5.41, 5.74) is 0.486. The van der Waals surface area contributed by atoms with Gasteiger partial charge in [-0.1, -0.05) is 47.0 Å². The summed E-state index contributed by atoms with van der Waals surface area (Å²) in [4.78, 5) is 1.45. The summed E-state index contributed by atoms with van der Waals surface area (Å²) in [7, 11) is 0. The number of ether oxygens (including phenoxy) is 1. The van der Waals surface area contributed by atoms with Crippen molar-refractivity contribution < 1.29 is 9.13 Å². The number of nitrogens with one attached hydrogen (secondary N) is 1. The summed E-state index contributed by atoms with van der Waals surface area (Å²) in [5, 5.41) is 7.53. The lowest BCUT2D eigenvalue weighted by atomic mass is 10.3. The summed E-state index contributed by atoms with van der Waals surface area (Å²) in [6.07, 6.45) is -1.05. The quantitative estimate of drug-likeness (QED) is 0.631. The molecule has 1 unspecified atom stereocenters. The first kappa shape index (κ1) is 13.8. The number of alkyl halides is 3. The maximum Gasteiger partial charge on any atom is 0.246 e. The molecule has 0 radical (unpaired) electrons. The molecule has 3 nitrogen and oxygen atoms in total. The highest BCUT2D eigenvalue weighted by Crippen LogP contribution is 2.39. The van der Waals surface area contributed by atoms with Gasteiger partial charge in [0.05, 0.1) is 0 Å². The van der Waals surface area contributed by atoms with Crippen LogP contribution in [0, 0.1) is 11.2 Å². The Balaban J connectivity index is 2.42. The molecule has 1 aliphatic heterocycles. The summed E-state index contributed by atoms with van der Waals surface area (Å²) >= 11 is 22.4. The van der Waals surface area contributed by atoms with Gasteiger partial charge >= 0.3 is 0 Å². The van der Waals surface area contributed by atoms with E-state index in [0.717, 1.165) is 0 Å². The zero-order chi connectivity index (χ0) is 13.5. The summed E-state index contributed by atoms with van der Waals surface area (Å²) in [5.74, 6) is -0.657. The highest BCUT2D eigenvalue weighted by atomic mass is 35.6. The molecule has 1 fully saturated rings. The number of benzene rings is 1. The average molecular weight is 328 g/mol. The van der Waals surface area contributed by atoms with Gasteiger partial charge in [0.25, 0.3) is 0 Å². The van der Waals surface area contributed by atoms with E-state index in [0.29, 0.717) is 5.69 Å². The number of halogens is 4. The number of thiocarbonyl (C=S) groups is 1. The van der Waals surface area contributed by atoms with E-state index in [4.69, 9.17) is 57.2 Å². The van der Waals surface area contributed by atoms with E-state index in [1.54, 1.807) is 0 Å². The second-order valence-corrected chi connectivity index (χ2v) is 6.25. The third-order valence-electron chi connectivity index (χ3n) is 2.26. The second-order valence-electron chi connectivity index (χ2n) is 3.49. The first-order valence-electron chi connectivity index (χ1n) is 4.72. The van der Waals surface area contributed by atoms with Crippen molar-refractivity contribution in [3.8, 4) is 0 Å². The van der Waals surface area contributed by atoms with Crippen molar-refractivity contribution in [3.05, 3.63) is 30.1 Å². The molecule has 2 rings (SSSR count). The average Bonchev–Trinajstić information content (AvgIpc) is 2.57. The molecule has 1 N–H and O–H groups in total. The molecule has 8 heteroatoms. The third kappa shape index (κ3) is 2.54. The highest BCUT2D eigenvalue weighted by molar-refractivity contribution is 7.82. The zero-order valence-corrected chi connectivity index (χ0v) is 11.7. The Bertz CT molecular complexity index is 503. The van der Waals surface area contributed by atoms with E-state index in [1.807, 2.05) is 0 Å². The van der Waals surface area contributed by atoms with E-state index in [9.17, 15) is 4.39 Å². The minimum absolute atomic E-state index is 0.0814. The Morgan fingerprint density at radius 3 is 2.33 bits per heavy atom. The molecule has 96 valence electrons. The summed E-state index contributed by atoms with van der Waals surface area (Å²) < 4.78 is 16.2. The Hall–Kier alpha value is -0.620. The predicted octanol–water partition coefficient (Wildman–Crippen LogP) is 3.66. The van der Waals surface area contributed by atoms with Gasteiger partial charge in [-0.05, 0) is 24.3 Å². The topological polar surface area (TPSA) is 36.3 Å². The molecule has 0 amide bonds. The highest BCUT2D eigenvalue weighted by Gasteiger charge is 2.47. The number of hydrogen-bond acceptors (Lipinski definition) is 3. The van der Waals surface area contributed by atoms with Gasteiger partial charge in [-0.2, -0.15) is 0 Å². The lowest BCUT2D eigenvalue weighted by Crippen LogP contribution is -2.41. The molecule has 1 saturated heterocycles. The van der Waals surface area contributed by atoms with Crippen LogP contribution in [0.15, 0.2) is 24.3 Å². The number of nitrogens with zero attached hydrogens (tertiary/aromatic N) is 1. The van der Waals surface area contributed by atoms with Gasteiger partial charge in [0.2, 0.25) is 15.9 Å². The molecular weight excluding hydrogens is 322 g/mol. The molecule has 18 heavy (non-hydrogen) atoms. The van der Waals surface area contributed by atoms with Crippen LogP contribution in [-0.4, -0.2) is 20.9 Å². The molecule has 0 saturated carbocycles. The number of anilines is 1. The molecule has 1 atom stereocenters. The van der Waals surface area contributed by atoms with Gasteiger partial charge in [-0.25, -0.2) is 4.39 Å². The number of hydrogen-bond donors (Lipinski definition) is 1. The maximum absolute atomic E-state index is 12.9. The largest absolute Gasteiger partial charge is 0.447 e. The molecular formula is C10H6Cl3FN2OS. The van der Waals surface area contributed by atoms with E-state index < -0.39 is 15.8 Å². The van der Waals surface area contributed by atoms with Crippen LogP contribution in [0.3, 0.4) is 0 Å². The summed E-state index contributed by atoms with van der Waals surface area (Å²) in [6.45, 7) is 0. The van der Waals surface area contributed by atoms with Crippen molar-refractivity contribution in [2.24, 2.45) is 0 Å². The molecule has 1 aromatic carbocycles. The van der Waals surface area contributed by atoms with Gasteiger partial charge in [-0.3, -0.25) is 10.3 Å². The Morgan fingerprint density at radius 1 is 1.28 bits per heavy atom. The first-order valence-corrected chi connectivity index (χ1v) is 6.26. The van der Waals surface area contributed by atoms with Gasteiger partial charge < -0.3 is 4.74 Å². The van der Waals surface area contributed by atoms with Crippen molar-refractivity contribution in [1.82, 2.24) is 0 Å². The van der Waals surface area contributed by atoms with Gasteiger partial charge in [-0.15, -0.1) is 0 Å². The third-order valence-corrected chi connectivity index (χ3v) is 3.20. The molecule has 0 bridgehead atoms. The molecule has 0 aromatic heterocycles. The van der Waals surface area contributed by atoms with E-state index >= 15 is 0 Å². The van der Waals surface area contributed by atoms with Crippen molar-refractivity contribution in [2.75, 3.05) is 4.90 Å². The summed E-state index contributed by atoms with van der Waals surface area (Å²) in [6, 6.07) is 5.42. The van der Waals surface area contributed by atoms with Crippen molar-refractivity contribution in [1.29, 1.82) is 5.41 Å². The Morgan fingerprint density at radius 2 is 1.83 bits per heavy atom. The lowest BCUT2D eigenvalue weighted by Gasteiger charge is -2.28. The maximum atomic E-state index is 12.9. The Labute approximate surface area is 123 Å². The van der Waals surface area contributed by atoms with Crippen LogP contribution in [0.25, 0.3) is 0 Å². The van der Waals surface area contributed by atoms with Gasteiger partial charge in [0, 0.05) is 5.69 Å².